The number of nitrogens with zero attached hydrogens (tertiary/aromatic N) is 2. The molecule has 10 nitrogen and oxygen atoms in total. The summed E-state index contributed by atoms with van der Waals surface area (Å²) >= 11 is 0. The van der Waals surface area contributed by atoms with E-state index in [-0.39, 0.29) is 35.1 Å². The van der Waals surface area contributed by atoms with E-state index in [9.17, 15) is 34.8 Å². The Morgan fingerprint density at radius 1 is 1.13 bits per heavy atom. The van der Waals surface area contributed by atoms with E-state index < -0.39 is 58.0 Å². The number of aliphatic hydroxyl groups is 3. The molecular formula is C29H39N3O7. The van der Waals surface area contributed by atoms with Crippen molar-refractivity contribution in [2.75, 3.05) is 33.1 Å². The number of carbonyl (C=O) groups excluding carboxylic acids is 3. The molecule has 0 aliphatic heterocycles. The number of aliphatic hydroxyl groups excluding tert-OH is 2. The van der Waals surface area contributed by atoms with Crippen molar-refractivity contribution in [2.45, 2.75) is 58.1 Å². The topological polar surface area (TPSA) is 165 Å². The van der Waals surface area contributed by atoms with Crippen LogP contribution in [0.15, 0.2) is 23.0 Å². The van der Waals surface area contributed by atoms with E-state index in [2.05, 4.69) is 20.8 Å². The van der Waals surface area contributed by atoms with Crippen LogP contribution in [0.5, 0.6) is 5.75 Å². The lowest BCUT2D eigenvalue weighted by Crippen LogP contribution is -2.65. The number of amides is 1. The van der Waals surface area contributed by atoms with Gasteiger partial charge in [0.15, 0.2) is 11.4 Å². The van der Waals surface area contributed by atoms with Gasteiger partial charge in [-0.2, -0.15) is 0 Å². The van der Waals surface area contributed by atoms with Gasteiger partial charge in [-0.3, -0.25) is 19.3 Å². The molecule has 4 atom stereocenters. The van der Waals surface area contributed by atoms with Crippen LogP contribution in [0, 0.1) is 17.3 Å². The first-order valence-electron chi connectivity index (χ1n) is 13.1. The second kappa shape index (κ2) is 9.38. The number of aromatic hydroxyl groups is 1. The first-order chi connectivity index (χ1) is 17.9. The van der Waals surface area contributed by atoms with Crippen molar-refractivity contribution < 1.29 is 34.8 Å². The van der Waals surface area contributed by atoms with E-state index >= 15 is 0 Å². The summed E-state index contributed by atoms with van der Waals surface area (Å²) in [5.41, 5.74) is 3.95. The van der Waals surface area contributed by atoms with Gasteiger partial charge in [0, 0.05) is 31.3 Å². The zero-order valence-electron chi connectivity index (χ0n) is 23.6. The summed E-state index contributed by atoms with van der Waals surface area (Å²) in [6, 6.07) is 0.795. The van der Waals surface area contributed by atoms with Crippen molar-refractivity contribution in [3.05, 3.63) is 39.7 Å². The number of Topliss-reactive ketones (excluding diaryl/α,β-unsaturated/α-hetero) is 2. The maximum atomic E-state index is 14.0. The lowest BCUT2D eigenvalue weighted by molar-refractivity contribution is -0.153. The van der Waals surface area contributed by atoms with Gasteiger partial charge in [0.05, 0.1) is 11.6 Å². The number of aryl methyl sites for hydroxylation is 1. The van der Waals surface area contributed by atoms with Crippen LogP contribution < -0.4 is 10.6 Å². The highest BCUT2D eigenvalue weighted by atomic mass is 16.3. The summed E-state index contributed by atoms with van der Waals surface area (Å²) in [4.78, 5) is 42.8. The standard InChI is InChI=1S/C29H39N3O7/c1-28(2,3)9-8-13-12-17(31(4)5)15-10-14-11-16-21(32(6)7)24(35)20(27(30)38)26(37)29(16,39)25(36)18(14)23(34)19(15)22(13)33/h12,14,16,21,33-34,37,39H,8-11H2,1-7H3,(H2,30,38). The van der Waals surface area contributed by atoms with Crippen molar-refractivity contribution in [2.24, 2.45) is 23.0 Å². The van der Waals surface area contributed by atoms with Crippen LogP contribution in [0.1, 0.15) is 50.3 Å². The molecule has 3 aliphatic rings. The molecular weight excluding hydrogens is 502 g/mol. The highest BCUT2D eigenvalue weighted by molar-refractivity contribution is 6.24. The summed E-state index contributed by atoms with van der Waals surface area (Å²) in [7, 11) is 6.87. The predicted octanol–water partition coefficient (Wildman–Crippen LogP) is 2.01. The number of ketones is 2. The monoisotopic (exact) mass is 541 g/mol. The molecule has 1 aromatic carbocycles. The fourth-order valence-corrected chi connectivity index (χ4v) is 6.45. The molecule has 0 spiro atoms. The molecule has 1 fully saturated rings. The Balaban J connectivity index is 1.96. The third-order valence-corrected chi connectivity index (χ3v) is 8.40. The predicted molar refractivity (Wildman–Crippen MR) is 146 cm³/mol. The normalized spacial score (nSPS) is 26.9. The minimum atomic E-state index is -2.64. The maximum Gasteiger partial charge on any atom is 0.255 e. The van der Waals surface area contributed by atoms with Gasteiger partial charge in [0.25, 0.3) is 5.91 Å². The van der Waals surface area contributed by atoms with Gasteiger partial charge in [-0.1, -0.05) is 20.8 Å². The van der Waals surface area contributed by atoms with E-state index in [4.69, 9.17) is 5.73 Å². The third-order valence-electron chi connectivity index (χ3n) is 8.40. The van der Waals surface area contributed by atoms with Gasteiger partial charge in [0.2, 0.25) is 5.78 Å². The molecule has 3 aliphatic carbocycles. The second-order valence-corrected chi connectivity index (χ2v) is 12.7. The number of rotatable bonds is 5. The molecule has 0 heterocycles. The number of phenolic OH excluding ortho intramolecular Hbond substituents is 1. The number of fused-ring (bicyclic) bond motifs is 3. The van der Waals surface area contributed by atoms with Crippen LogP contribution in [0.25, 0.3) is 5.76 Å². The molecule has 212 valence electrons. The average molecular weight is 542 g/mol. The molecule has 0 saturated heterocycles. The number of primary amides is 1. The third kappa shape index (κ3) is 4.30. The quantitative estimate of drug-likeness (QED) is 0.351. The Labute approximate surface area is 228 Å². The minimum absolute atomic E-state index is 0.00671. The van der Waals surface area contributed by atoms with E-state index in [1.54, 1.807) is 14.1 Å². The molecule has 4 rings (SSSR count). The number of nitrogens with two attached hydrogens (primary N) is 1. The zero-order valence-corrected chi connectivity index (χ0v) is 23.6. The van der Waals surface area contributed by atoms with Gasteiger partial charge in [-0.05, 0) is 68.3 Å². The first-order valence-corrected chi connectivity index (χ1v) is 13.1. The van der Waals surface area contributed by atoms with Crippen LogP contribution in [-0.4, -0.2) is 82.6 Å². The van der Waals surface area contributed by atoms with Crippen molar-refractivity contribution in [1.82, 2.24) is 4.90 Å². The number of carbonyl (C=O) groups is 3. The number of anilines is 1. The second-order valence-electron chi connectivity index (χ2n) is 12.7. The number of phenols is 1. The van der Waals surface area contributed by atoms with E-state index in [1.165, 1.54) is 4.90 Å². The van der Waals surface area contributed by atoms with Crippen molar-refractivity contribution in [3.8, 4) is 5.75 Å². The number of hydrogen-bond donors (Lipinski definition) is 5. The number of hydrogen-bond acceptors (Lipinski definition) is 9. The Kier molecular flexibility index (Phi) is 6.88. The van der Waals surface area contributed by atoms with Crippen molar-refractivity contribution >= 4 is 28.9 Å². The van der Waals surface area contributed by atoms with Crippen molar-refractivity contribution in [3.63, 3.8) is 0 Å². The van der Waals surface area contributed by atoms with Crippen LogP contribution in [-0.2, 0) is 27.2 Å². The molecule has 0 radical (unpaired) electrons. The molecule has 0 bridgehead atoms. The fourth-order valence-electron chi connectivity index (χ4n) is 6.45. The van der Waals surface area contributed by atoms with Crippen LogP contribution in [0.4, 0.5) is 5.69 Å². The van der Waals surface area contributed by atoms with Gasteiger partial charge in [0.1, 0.15) is 22.8 Å². The summed E-state index contributed by atoms with van der Waals surface area (Å²) in [5, 5.41) is 45.6. The summed E-state index contributed by atoms with van der Waals surface area (Å²) in [6.07, 6.45) is 1.62. The van der Waals surface area contributed by atoms with E-state index in [0.29, 0.717) is 17.5 Å². The van der Waals surface area contributed by atoms with E-state index in [0.717, 1.165) is 12.1 Å². The summed E-state index contributed by atoms with van der Waals surface area (Å²) in [6.45, 7) is 6.27. The Morgan fingerprint density at radius 2 is 1.74 bits per heavy atom. The van der Waals surface area contributed by atoms with Crippen LogP contribution in [0.2, 0.25) is 0 Å². The molecule has 39 heavy (non-hydrogen) atoms. The van der Waals surface area contributed by atoms with Crippen LogP contribution >= 0.6 is 0 Å². The molecule has 1 saturated carbocycles. The molecule has 1 aromatic rings. The maximum absolute atomic E-state index is 14.0. The van der Waals surface area contributed by atoms with E-state index in [1.807, 2.05) is 25.1 Å². The smallest absolute Gasteiger partial charge is 0.255 e. The minimum Gasteiger partial charge on any atom is -0.508 e. The first kappa shape index (κ1) is 28.6. The molecule has 0 aromatic heterocycles. The van der Waals surface area contributed by atoms with Gasteiger partial charge >= 0.3 is 0 Å². The summed E-state index contributed by atoms with van der Waals surface area (Å²) < 4.78 is 0. The van der Waals surface area contributed by atoms with Gasteiger partial charge in [-0.15, -0.1) is 0 Å². The summed E-state index contributed by atoms with van der Waals surface area (Å²) in [5.74, 6) is -6.42. The number of likely N-dealkylation sites (N-methyl/N-ethyl adjacent to an activating group) is 1. The zero-order chi connectivity index (χ0) is 29.4. The lowest BCUT2D eigenvalue weighted by atomic mass is 9.57. The molecule has 1 amide bonds. The Hall–Kier alpha value is -3.37. The molecule has 6 N–H and O–H groups in total. The Bertz CT molecular complexity index is 1340. The van der Waals surface area contributed by atoms with Crippen molar-refractivity contribution in [1.29, 1.82) is 0 Å². The highest BCUT2D eigenvalue weighted by Gasteiger charge is 2.64. The Morgan fingerprint density at radius 3 is 2.26 bits per heavy atom. The average Bonchev–Trinajstić information content (AvgIpc) is 2.79. The SMILES string of the molecule is CN(C)c1cc(CCC(C)(C)C)c(O)c2c1CC1CC3C(N(C)C)C(=O)C(C(N)=O)=C(O)C3(O)C(=O)C1=C2O. The lowest BCUT2D eigenvalue weighted by Gasteiger charge is -2.50. The molecule has 10 heteroatoms. The van der Waals surface area contributed by atoms with Crippen LogP contribution in [0.3, 0.4) is 0 Å². The van der Waals surface area contributed by atoms with Gasteiger partial charge in [-0.25, -0.2) is 0 Å². The molecule has 4 unspecified atom stereocenters. The largest absolute Gasteiger partial charge is 0.508 e. The highest BCUT2D eigenvalue weighted by Crippen LogP contribution is 2.54. The fraction of sp³-hybridized carbons (Fsp3) is 0.552. The van der Waals surface area contributed by atoms with Gasteiger partial charge < -0.3 is 31.1 Å². The number of benzene rings is 1.